The van der Waals surface area contributed by atoms with Crippen molar-refractivity contribution in [2.45, 2.75) is 6.42 Å². The molecular formula is C10H15N3O. The van der Waals surface area contributed by atoms with Gasteiger partial charge in [-0.15, -0.1) is 0 Å². The molecule has 0 saturated carbocycles. The van der Waals surface area contributed by atoms with Crippen LogP contribution in [0.3, 0.4) is 0 Å². The highest BCUT2D eigenvalue weighted by molar-refractivity contribution is 4.97. The lowest BCUT2D eigenvalue weighted by molar-refractivity contribution is 0.288. The SMILES string of the molecule is CN1C=CN(CCc2ccon2)CC1. The highest BCUT2D eigenvalue weighted by Gasteiger charge is 2.06. The molecule has 76 valence electrons. The van der Waals surface area contributed by atoms with Gasteiger partial charge in [-0.05, 0) is 0 Å². The first-order chi connectivity index (χ1) is 6.84. The molecule has 0 bridgehead atoms. The second-order valence-corrected chi connectivity index (χ2v) is 3.56. The van der Waals surface area contributed by atoms with Crippen LogP contribution in [-0.4, -0.2) is 41.6 Å². The van der Waals surface area contributed by atoms with E-state index < -0.39 is 0 Å². The molecule has 2 rings (SSSR count). The minimum atomic E-state index is 0.949. The second kappa shape index (κ2) is 4.17. The third-order valence-electron chi connectivity index (χ3n) is 2.42. The molecule has 1 aliphatic rings. The molecule has 0 aliphatic carbocycles. The van der Waals surface area contributed by atoms with Crippen LogP contribution in [0.15, 0.2) is 29.3 Å². The highest BCUT2D eigenvalue weighted by atomic mass is 16.5. The van der Waals surface area contributed by atoms with Gasteiger partial charge in [0.05, 0.1) is 5.69 Å². The molecule has 0 spiro atoms. The van der Waals surface area contributed by atoms with Crippen molar-refractivity contribution in [1.29, 1.82) is 0 Å². The van der Waals surface area contributed by atoms with E-state index in [1.54, 1.807) is 6.26 Å². The van der Waals surface area contributed by atoms with Crippen molar-refractivity contribution < 1.29 is 4.52 Å². The van der Waals surface area contributed by atoms with Crippen molar-refractivity contribution in [2.75, 3.05) is 26.7 Å². The monoisotopic (exact) mass is 193 g/mol. The summed E-state index contributed by atoms with van der Waals surface area (Å²) < 4.78 is 4.78. The maximum atomic E-state index is 4.78. The van der Waals surface area contributed by atoms with Crippen LogP contribution in [0, 0.1) is 0 Å². The summed E-state index contributed by atoms with van der Waals surface area (Å²) in [5.74, 6) is 0. The summed E-state index contributed by atoms with van der Waals surface area (Å²) in [4.78, 5) is 4.49. The Labute approximate surface area is 83.8 Å². The molecule has 0 aromatic carbocycles. The first-order valence-corrected chi connectivity index (χ1v) is 4.86. The van der Waals surface area contributed by atoms with E-state index in [1.807, 2.05) is 6.07 Å². The Morgan fingerprint density at radius 2 is 2.36 bits per heavy atom. The van der Waals surface area contributed by atoms with Gasteiger partial charge in [0, 0.05) is 51.6 Å². The summed E-state index contributed by atoms with van der Waals surface area (Å²) in [5.41, 5.74) is 1.03. The molecule has 0 unspecified atom stereocenters. The van der Waals surface area contributed by atoms with Crippen LogP contribution >= 0.6 is 0 Å². The Bertz CT molecular complexity index is 294. The zero-order chi connectivity index (χ0) is 9.80. The molecule has 14 heavy (non-hydrogen) atoms. The molecule has 4 heteroatoms. The number of hydrogen-bond acceptors (Lipinski definition) is 4. The van der Waals surface area contributed by atoms with E-state index >= 15 is 0 Å². The molecule has 2 heterocycles. The van der Waals surface area contributed by atoms with Crippen LogP contribution in [0.5, 0.6) is 0 Å². The Kier molecular flexibility index (Phi) is 2.72. The Morgan fingerprint density at radius 3 is 3.00 bits per heavy atom. The molecule has 1 aliphatic heterocycles. The van der Waals surface area contributed by atoms with Crippen molar-refractivity contribution in [3.63, 3.8) is 0 Å². The zero-order valence-electron chi connectivity index (χ0n) is 8.39. The van der Waals surface area contributed by atoms with Gasteiger partial charge >= 0.3 is 0 Å². The Hall–Kier alpha value is -1.45. The lowest BCUT2D eigenvalue weighted by atomic mass is 10.3. The number of hydrogen-bond donors (Lipinski definition) is 0. The fourth-order valence-electron chi connectivity index (χ4n) is 1.45. The normalized spacial score (nSPS) is 16.4. The first-order valence-electron chi connectivity index (χ1n) is 4.86. The van der Waals surface area contributed by atoms with E-state index in [9.17, 15) is 0 Å². The fourth-order valence-corrected chi connectivity index (χ4v) is 1.45. The predicted molar refractivity (Wildman–Crippen MR) is 53.6 cm³/mol. The smallest absolute Gasteiger partial charge is 0.124 e. The lowest BCUT2D eigenvalue weighted by Gasteiger charge is -2.28. The number of likely N-dealkylation sites (N-methyl/N-ethyl adjacent to an activating group) is 1. The van der Waals surface area contributed by atoms with Crippen LogP contribution < -0.4 is 0 Å². The summed E-state index contributed by atoms with van der Waals surface area (Å²) in [6.07, 6.45) is 6.80. The van der Waals surface area contributed by atoms with E-state index in [4.69, 9.17) is 4.52 Å². The summed E-state index contributed by atoms with van der Waals surface area (Å²) in [6, 6.07) is 1.92. The summed E-state index contributed by atoms with van der Waals surface area (Å²) >= 11 is 0. The molecule has 0 saturated heterocycles. The lowest BCUT2D eigenvalue weighted by Crippen LogP contribution is -2.33. The van der Waals surface area contributed by atoms with E-state index in [0.717, 1.165) is 31.7 Å². The molecule has 0 amide bonds. The molecule has 0 fully saturated rings. The molecule has 4 nitrogen and oxygen atoms in total. The first kappa shape index (κ1) is 9.12. The van der Waals surface area contributed by atoms with Gasteiger partial charge in [-0.2, -0.15) is 0 Å². The average molecular weight is 193 g/mol. The quantitative estimate of drug-likeness (QED) is 0.715. The minimum absolute atomic E-state index is 0.949. The topological polar surface area (TPSA) is 32.5 Å². The van der Waals surface area contributed by atoms with Crippen molar-refractivity contribution >= 4 is 0 Å². The van der Waals surface area contributed by atoms with Crippen LogP contribution in [0.4, 0.5) is 0 Å². The van der Waals surface area contributed by atoms with Gasteiger partial charge in [-0.25, -0.2) is 0 Å². The summed E-state index contributed by atoms with van der Waals surface area (Å²) in [7, 11) is 2.09. The van der Waals surface area contributed by atoms with E-state index in [2.05, 4.69) is 34.4 Å². The van der Waals surface area contributed by atoms with Gasteiger partial charge in [0.2, 0.25) is 0 Å². The van der Waals surface area contributed by atoms with Crippen molar-refractivity contribution in [1.82, 2.24) is 15.0 Å². The fraction of sp³-hybridized carbons (Fsp3) is 0.500. The summed E-state index contributed by atoms with van der Waals surface area (Å²) in [6.45, 7) is 3.19. The van der Waals surface area contributed by atoms with Gasteiger partial charge in [0.25, 0.3) is 0 Å². The number of aromatic nitrogens is 1. The molecule has 0 atom stereocenters. The minimum Gasteiger partial charge on any atom is -0.377 e. The number of rotatable bonds is 3. The Balaban J connectivity index is 1.79. The van der Waals surface area contributed by atoms with E-state index in [0.29, 0.717) is 0 Å². The predicted octanol–water partition coefficient (Wildman–Crippen LogP) is 0.936. The maximum absolute atomic E-state index is 4.78. The van der Waals surface area contributed by atoms with Crippen molar-refractivity contribution in [3.8, 4) is 0 Å². The van der Waals surface area contributed by atoms with Crippen LogP contribution in [0.2, 0.25) is 0 Å². The van der Waals surface area contributed by atoms with Gasteiger partial charge < -0.3 is 14.3 Å². The zero-order valence-corrected chi connectivity index (χ0v) is 8.39. The second-order valence-electron chi connectivity index (χ2n) is 3.56. The third-order valence-corrected chi connectivity index (χ3v) is 2.42. The van der Waals surface area contributed by atoms with Crippen molar-refractivity contribution in [3.05, 3.63) is 30.4 Å². The van der Waals surface area contributed by atoms with Gasteiger partial charge in [0.1, 0.15) is 6.26 Å². The average Bonchev–Trinajstić information content (AvgIpc) is 2.70. The number of nitrogens with zero attached hydrogens (tertiary/aromatic N) is 3. The standard InChI is InChI=1S/C10H15N3O/c1-12-5-7-13(8-6-12)4-2-10-3-9-14-11-10/h3,5,7,9H,2,4,6,8H2,1H3. The molecule has 0 radical (unpaired) electrons. The van der Waals surface area contributed by atoms with Gasteiger partial charge in [-0.3, -0.25) is 0 Å². The third kappa shape index (κ3) is 2.28. The largest absolute Gasteiger partial charge is 0.377 e. The van der Waals surface area contributed by atoms with E-state index in [-0.39, 0.29) is 0 Å². The molecule has 0 N–H and O–H groups in total. The van der Waals surface area contributed by atoms with E-state index in [1.165, 1.54) is 0 Å². The van der Waals surface area contributed by atoms with Crippen LogP contribution in [0.25, 0.3) is 0 Å². The maximum Gasteiger partial charge on any atom is 0.124 e. The summed E-state index contributed by atoms with van der Waals surface area (Å²) in [5, 5.41) is 3.88. The van der Waals surface area contributed by atoms with Crippen LogP contribution in [-0.2, 0) is 6.42 Å². The Morgan fingerprint density at radius 1 is 1.43 bits per heavy atom. The molecule has 1 aromatic heterocycles. The molecular weight excluding hydrogens is 178 g/mol. The van der Waals surface area contributed by atoms with Gasteiger partial charge in [0.15, 0.2) is 0 Å². The highest BCUT2D eigenvalue weighted by Crippen LogP contribution is 2.03. The molecule has 1 aromatic rings. The van der Waals surface area contributed by atoms with Crippen molar-refractivity contribution in [2.24, 2.45) is 0 Å². The van der Waals surface area contributed by atoms with Gasteiger partial charge in [-0.1, -0.05) is 5.16 Å². The van der Waals surface area contributed by atoms with Crippen LogP contribution in [0.1, 0.15) is 5.69 Å².